The number of carbonyl (C=O) groups excluding carboxylic acids is 1. The van der Waals surface area contributed by atoms with E-state index < -0.39 is 0 Å². The van der Waals surface area contributed by atoms with Gasteiger partial charge in [-0.1, -0.05) is 0 Å². The maximum Gasteiger partial charge on any atom is 0.315 e. The number of carbonyl (C=O) groups is 1. The third-order valence-electron chi connectivity index (χ3n) is 3.66. The fourth-order valence-corrected chi connectivity index (χ4v) is 2.16. The zero-order valence-electron chi connectivity index (χ0n) is 9.63. The molecule has 2 aliphatic rings. The predicted molar refractivity (Wildman–Crippen MR) is 61.1 cm³/mol. The molecule has 0 bridgehead atoms. The van der Waals surface area contributed by atoms with E-state index in [0.717, 1.165) is 25.7 Å². The number of nitrogens with one attached hydrogen (secondary N) is 2. The smallest absolute Gasteiger partial charge is 0.315 e. The molecule has 0 aromatic carbocycles. The lowest BCUT2D eigenvalue weighted by molar-refractivity contribution is 0.0452. The second-order valence-electron chi connectivity index (χ2n) is 4.82. The van der Waals surface area contributed by atoms with Gasteiger partial charge in [0.15, 0.2) is 0 Å². The highest BCUT2D eigenvalue weighted by molar-refractivity contribution is 5.75. The number of rotatable bonds is 3. The molecule has 5 nitrogen and oxygen atoms in total. The summed E-state index contributed by atoms with van der Waals surface area (Å²) in [6.07, 6.45) is 5.04. The molecule has 92 valence electrons. The van der Waals surface area contributed by atoms with Crippen molar-refractivity contribution in [2.45, 2.75) is 43.7 Å². The Labute approximate surface area is 96.1 Å². The number of ether oxygens (including phenoxy) is 1. The lowest BCUT2D eigenvalue weighted by Crippen LogP contribution is -2.60. The summed E-state index contributed by atoms with van der Waals surface area (Å²) in [5, 5.41) is 6.00. The summed E-state index contributed by atoms with van der Waals surface area (Å²) >= 11 is 0. The van der Waals surface area contributed by atoms with Gasteiger partial charge in [0.2, 0.25) is 0 Å². The third-order valence-corrected chi connectivity index (χ3v) is 3.66. The van der Waals surface area contributed by atoms with Gasteiger partial charge in [-0.3, -0.25) is 0 Å². The molecule has 2 amide bonds. The molecule has 2 rings (SSSR count). The highest BCUT2D eigenvalue weighted by atomic mass is 16.5. The summed E-state index contributed by atoms with van der Waals surface area (Å²) in [5.74, 6) is 0. The van der Waals surface area contributed by atoms with Crippen molar-refractivity contribution in [2.24, 2.45) is 5.73 Å². The van der Waals surface area contributed by atoms with Crippen LogP contribution in [0.15, 0.2) is 0 Å². The van der Waals surface area contributed by atoms with Crippen LogP contribution in [0, 0.1) is 0 Å². The van der Waals surface area contributed by atoms with E-state index in [4.69, 9.17) is 10.5 Å². The Morgan fingerprint density at radius 3 is 2.56 bits per heavy atom. The van der Waals surface area contributed by atoms with Crippen molar-refractivity contribution in [2.75, 3.05) is 19.8 Å². The van der Waals surface area contributed by atoms with Crippen LogP contribution >= 0.6 is 0 Å². The van der Waals surface area contributed by atoms with Crippen molar-refractivity contribution in [1.29, 1.82) is 0 Å². The second kappa shape index (κ2) is 5.01. The molecule has 0 unspecified atom stereocenters. The SMILES string of the molecule is NCC1(NC(=O)NC2CCC2)CCOCC1. The molecule has 0 aromatic rings. The Hall–Kier alpha value is -0.810. The summed E-state index contributed by atoms with van der Waals surface area (Å²) in [7, 11) is 0. The molecule has 1 saturated carbocycles. The monoisotopic (exact) mass is 227 g/mol. The highest BCUT2D eigenvalue weighted by Crippen LogP contribution is 2.20. The molecule has 0 atom stereocenters. The van der Waals surface area contributed by atoms with Crippen LogP contribution in [0.25, 0.3) is 0 Å². The van der Waals surface area contributed by atoms with Crippen molar-refractivity contribution in [3.05, 3.63) is 0 Å². The molecular weight excluding hydrogens is 206 g/mol. The minimum atomic E-state index is -0.258. The van der Waals surface area contributed by atoms with Crippen LogP contribution in [0.2, 0.25) is 0 Å². The quantitative estimate of drug-likeness (QED) is 0.651. The van der Waals surface area contributed by atoms with Gasteiger partial charge < -0.3 is 21.1 Å². The Bertz CT molecular complexity index is 248. The van der Waals surface area contributed by atoms with Crippen LogP contribution in [0.3, 0.4) is 0 Å². The Morgan fingerprint density at radius 1 is 1.38 bits per heavy atom. The van der Waals surface area contributed by atoms with Gasteiger partial charge in [0, 0.05) is 25.8 Å². The molecule has 1 aliphatic heterocycles. The molecule has 2 fully saturated rings. The Kier molecular flexibility index (Phi) is 3.66. The van der Waals surface area contributed by atoms with Crippen LogP contribution in [-0.2, 0) is 4.74 Å². The Balaban J connectivity index is 1.82. The molecule has 1 heterocycles. The first-order valence-corrected chi connectivity index (χ1v) is 6.11. The second-order valence-corrected chi connectivity index (χ2v) is 4.82. The van der Waals surface area contributed by atoms with Crippen molar-refractivity contribution in [3.63, 3.8) is 0 Å². The topological polar surface area (TPSA) is 76.4 Å². The van der Waals surface area contributed by atoms with Crippen molar-refractivity contribution in [3.8, 4) is 0 Å². The van der Waals surface area contributed by atoms with Gasteiger partial charge in [-0.05, 0) is 32.1 Å². The van der Waals surface area contributed by atoms with Crippen LogP contribution in [-0.4, -0.2) is 37.4 Å². The average Bonchev–Trinajstić information content (AvgIpc) is 2.25. The van der Waals surface area contributed by atoms with E-state index in [1.807, 2.05) is 0 Å². The summed E-state index contributed by atoms with van der Waals surface area (Å²) in [4.78, 5) is 11.8. The maximum atomic E-state index is 11.8. The van der Waals surface area contributed by atoms with Gasteiger partial charge in [-0.2, -0.15) is 0 Å². The number of hydrogen-bond acceptors (Lipinski definition) is 3. The lowest BCUT2D eigenvalue weighted by atomic mass is 9.90. The zero-order chi connectivity index (χ0) is 11.4. The first kappa shape index (κ1) is 11.7. The number of hydrogen-bond donors (Lipinski definition) is 3. The highest BCUT2D eigenvalue weighted by Gasteiger charge is 2.33. The summed E-state index contributed by atoms with van der Waals surface area (Å²) in [6, 6.07) is 0.298. The van der Waals surface area contributed by atoms with Gasteiger partial charge in [-0.15, -0.1) is 0 Å². The van der Waals surface area contributed by atoms with Crippen LogP contribution < -0.4 is 16.4 Å². The minimum absolute atomic E-state index is 0.0722. The number of urea groups is 1. The number of nitrogens with two attached hydrogens (primary N) is 1. The van der Waals surface area contributed by atoms with Crippen LogP contribution in [0.4, 0.5) is 4.79 Å². The molecule has 0 aromatic heterocycles. The van der Waals surface area contributed by atoms with Gasteiger partial charge >= 0.3 is 6.03 Å². The van der Waals surface area contributed by atoms with E-state index in [0.29, 0.717) is 25.8 Å². The molecule has 5 heteroatoms. The maximum absolute atomic E-state index is 11.8. The molecule has 0 radical (unpaired) electrons. The predicted octanol–water partition coefficient (Wildman–Crippen LogP) is 0.346. The molecule has 1 saturated heterocycles. The van der Waals surface area contributed by atoms with Gasteiger partial charge in [-0.25, -0.2) is 4.79 Å². The fourth-order valence-electron chi connectivity index (χ4n) is 2.16. The standard InChI is InChI=1S/C11H21N3O2/c12-8-11(4-6-16-7-5-11)14-10(15)13-9-2-1-3-9/h9H,1-8,12H2,(H2,13,14,15). The van der Waals surface area contributed by atoms with E-state index >= 15 is 0 Å². The van der Waals surface area contributed by atoms with Gasteiger partial charge in [0.1, 0.15) is 0 Å². The van der Waals surface area contributed by atoms with E-state index in [9.17, 15) is 4.79 Å². The van der Waals surface area contributed by atoms with Crippen LogP contribution in [0.1, 0.15) is 32.1 Å². The Morgan fingerprint density at radius 2 is 2.06 bits per heavy atom. The summed E-state index contributed by atoms with van der Waals surface area (Å²) in [6.45, 7) is 1.84. The van der Waals surface area contributed by atoms with Crippen molar-refractivity contribution >= 4 is 6.03 Å². The largest absolute Gasteiger partial charge is 0.381 e. The van der Waals surface area contributed by atoms with Crippen LogP contribution in [0.5, 0.6) is 0 Å². The molecule has 1 aliphatic carbocycles. The minimum Gasteiger partial charge on any atom is -0.381 e. The van der Waals surface area contributed by atoms with E-state index in [-0.39, 0.29) is 11.6 Å². The van der Waals surface area contributed by atoms with Gasteiger partial charge in [0.05, 0.1) is 5.54 Å². The molecule has 4 N–H and O–H groups in total. The zero-order valence-corrected chi connectivity index (χ0v) is 9.63. The van der Waals surface area contributed by atoms with Crippen molar-refractivity contribution < 1.29 is 9.53 Å². The first-order chi connectivity index (χ1) is 7.74. The van der Waals surface area contributed by atoms with Crippen molar-refractivity contribution in [1.82, 2.24) is 10.6 Å². The van der Waals surface area contributed by atoms with E-state index in [1.165, 1.54) is 6.42 Å². The normalized spacial score (nSPS) is 24.6. The van der Waals surface area contributed by atoms with Gasteiger partial charge in [0.25, 0.3) is 0 Å². The van der Waals surface area contributed by atoms with E-state index in [2.05, 4.69) is 10.6 Å². The summed E-state index contributed by atoms with van der Waals surface area (Å²) in [5.41, 5.74) is 5.51. The first-order valence-electron chi connectivity index (χ1n) is 6.11. The summed E-state index contributed by atoms with van der Waals surface area (Å²) < 4.78 is 5.29. The lowest BCUT2D eigenvalue weighted by Gasteiger charge is -2.38. The average molecular weight is 227 g/mol. The third kappa shape index (κ3) is 2.65. The molecule has 16 heavy (non-hydrogen) atoms. The molecule has 0 spiro atoms. The molecular formula is C11H21N3O2. The van der Waals surface area contributed by atoms with E-state index in [1.54, 1.807) is 0 Å². The fraction of sp³-hybridized carbons (Fsp3) is 0.909. The number of amides is 2.